The number of rotatable bonds is 3. The van der Waals surface area contributed by atoms with E-state index in [9.17, 15) is 0 Å². The van der Waals surface area contributed by atoms with Gasteiger partial charge < -0.3 is 0 Å². The molecule has 0 amide bonds. The summed E-state index contributed by atoms with van der Waals surface area (Å²) in [6, 6.07) is 8.48. The Morgan fingerprint density at radius 1 is 0.923 bits per heavy atom. The van der Waals surface area contributed by atoms with Gasteiger partial charge in [0.05, 0.1) is 0 Å². The van der Waals surface area contributed by atoms with Crippen LogP contribution in [0.1, 0.15) is 40.0 Å². The molecule has 72 valence electrons. The van der Waals surface area contributed by atoms with Crippen molar-refractivity contribution in [3.63, 3.8) is 0 Å². The highest BCUT2D eigenvalue weighted by Gasteiger charge is 2.06. The monoisotopic (exact) mass is 176 g/mol. The summed E-state index contributed by atoms with van der Waals surface area (Å²) in [5, 5.41) is 0. The van der Waals surface area contributed by atoms with Crippen LogP contribution in [0.25, 0.3) is 11.1 Å². The van der Waals surface area contributed by atoms with Crippen LogP contribution in [0.15, 0.2) is 24.3 Å². The van der Waals surface area contributed by atoms with Gasteiger partial charge in [-0.15, -0.1) is 0 Å². The van der Waals surface area contributed by atoms with Gasteiger partial charge in [0.15, 0.2) is 0 Å². The maximum Gasteiger partial charge on any atom is -0.0178 e. The molecule has 2 aliphatic rings. The Kier molecular flexibility index (Phi) is 4.01. The number of hydrogen-bond donors (Lipinski definition) is 0. The Balaban J connectivity index is 0.000000130. The standard InChI is InChI=1S/C7H16.C6H4/c1-4-7(5-2)6-3;1-2-5-4-6(5)3-1/h7H,4-6H2,1-3H3;1-4H. The van der Waals surface area contributed by atoms with Crippen LogP contribution >= 0.6 is 0 Å². The third kappa shape index (κ3) is 3.22. The Bertz CT molecular complexity index is 223. The summed E-state index contributed by atoms with van der Waals surface area (Å²) in [7, 11) is 0. The van der Waals surface area contributed by atoms with E-state index in [2.05, 4.69) is 45.0 Å². The van der Waals surface area contributed by atoms with E-state index in [1.807, 2.05) is 0 Å². The fraction of sp³-hybridized carbons (Fsp3) is 0.538. The summed E-state index contributed by atoms with van der Waals surface area (Å²) in [6.07, 6.45) is 4.06. The molecule has 0 bridgehead atoms. The molecule has 0 heteroatoms. The molecule has 0 heterocycles. The summed E-state index contributed by atoms with van der Waals surface area (Å²) in [5.74, 6) is 0.986. The van der Waals surface area contributed by atoms with E-state index in [-0.39, 0.29) is 0 Å². The van der Waals surface area contributed by atoms with E-state index in [4.69, 9.17) is 0 Å². The van der Waals surface area contributed by atoms with Gasteiger partial charge in [0.1, 0.15) is 0 Å². The molecule has 0 saturated carbocycles. The Morgan fingerprint density at radius 3 is 1.46 bits per heavy atom. The molecule has 0 nitrogen and oxygen atoms in total. The molecule has 0 aromatic heterocycles. The van der Waals surface area contributed by atoms with Crippen molar-refractivity contribution in [2.24, 2.45) is 5.92 Å². The number of benzene rings is 1. The van der Waals surface area contributed by atoms with Gasteiger partial charge in [-0.3, -0.25) is 0 Å². The minimum absolute atomic E-state index is 0.986. The summed E-state index contributed by atoms with van der Waals surface area (Å²) in [5.41, 5.74) is 2.85. The first-order chi connectivity index (χ1) is 6.31. The molecule has 0 saturated heterocycles. The topological polar surface area (TPSA) is 0 Å². The molecular formula is C13H20. The lowest BCUT2D eigenvalue weighted by Crippen LogP contribution is -1.91. The Labute approximate surface area is 82.0 Å². The minimum atomic E-state index is 0.986. The summed E-state index contributed by atoms with van der Waals surface area (Å²) in [4.78, 5) is 0. The zero-order chi connectivity index (χ0) is 9.68. The first-order valence-electron chi connectivity index (χ1n) is 5.42. The zero-order valence-electron chi connectivity index (χ0n) is 9.01. The molecule has 2 aliphatic carbocycles. The van der Waals surface area contributed by atoms with Crippen molar-refractivity contribution in [2.45, 2.75) is 40.0 Å². The second kappa shape index (κ2) is 5.06. The maximum absolute atomic E-state index is 2.26. The minimum Gasteiger partial charge on any atom is -0.0651 e. The summed E-state index contributed by atoms with van der Waals surface area (Å²) in [6.45, 7) is 6.78. The predicted octanol–water partition coefficient (Wildman–Crippen LogP) is 4.50. The van der Waals surface area contributed by atoms with Gasteiger partial charge in [0.2, 0.25) is 0 Å². The molecule has 0 aromatic rings. The van der Waals surface area contributed by atoms with Crippen molar-refractivity contribution in [1.82, 2.24) is 0 Å². The van der Waals surface area contributed by atoms with Crippen LogP contribution in [0.3, 0.4) is 0 Å². The van der Waals surface area contributed by atoms with Gasteiger partial charge in [0.25, 0.3) is 0 Å². The fourth-order valence-electron chi connectivity index (χ4n) is 1.54. The molecule has 0 fully saturated rings. The Hall–Kier alpha value is -0.780. The highest BCUT2D eigenvalue weighted by molar-refractivity contribution is 5.80. The van der Waals surface area contributed by atoms with Crippen molar-refractivity contribution in [3.05, 3.63) is 24.3 Å². The van der Waals surface area contributed by atoms with Gasteiger partial charge in [-0.25, -0.2) is 0 Å². The van der Waals surface area contributed by atoms with Crippen LogP contribution in [0.2, 0.25) is 0 Å². The highest BCUT2D eigenvalue weighted by Crippen LogP contribution is 2.32. The Morgan fingerprint density at radius 2 is 1.38 bits per heavy atom. The van der Waals surface area contributed by atoms with Crippen LogP contribution in [-0.4, -0.2) is 0 Å². The van der Waals surface area contributed by atoms with E-state index < -0.39 is 0 Å². The third-order valence-corrected chi connectivity index (χ3v) is 2.84. The van der Waals surface area contributed by atoms with Crippen molar-refractivity contribution in [2.75, 3.05) is 0 Å². The number of fused-ring (bicyclic) bond motifs is 1. The SMILES string of the molecule is CCC(CC)CC.c1cc2cc-2c1. The lowest BCUT2D eigenvalue weighted by molar-refractivity contribution is 0.477. The zero-order valence-corrected chi connectivity index (χ0v) is 9.01. The quantitative estimate of drug-likeness (QED) is 0.646. The van der Waals surface area contributed by atoms with Crippen LogP contribution in [0.4, 0.5) is 0 Å². The third-order valence-electron chi connectivity index (χ3n) is 2.84. The van der Waals surface area contributed by atoms with Gasteiger partial charge in [-0.2, -0.15) is 0 Å². The molecule has 0 radical (unpaired) electrons. The molecule has 2 rings (SSSR count). The first kappa shape index (κ1) is 10.3. The molecule has 0 spiro atoms. The van der Waals surface area contributed by atoms with E-state index in [1.165, 1.54) is 30.4 Å². The average Bonchev–Trinajstić information content (AvgIpc) is 2.78. The normalized spacial score (nSPS) is 10.8. The van der Waals surface area contributed by atoms with Gasteiger partial charge in [0, 0.05) is 0 Å². The lowest BCUT2D eigenvalue weighted by atomic mass is 10.0. The molecular weight excluding hydrogens is 156 g/mol. The van der Waals surface area contributed by atoms with E-state index in [1.54, 1.807) is 0 Å². The molecule has 0 N–H and O–H groups in total. The second-order valence-electron chi connectivity index (χ2n) is 3.67. The second-order valence-corrected chi connectivity index (χ2v) is 3.67. The highest BCUT2D eigenvalue weighted by atomic mass is 14.1. The van der Waals surface area contributed by atoms with Crippen molar-refractivity contribution in [3.8, 4) is 11.1 Å². The molecule has 13 heavy (non-hydrogen) atoms. The van der Waals surface area contributed by atoms with Gasteiger partial charge in [-0.05, 0) is 23.1 Å². The predicted molar refractivity (Wildman–Crippen MR) is 59.8 cm³/mol. The van der Waals surface area contributed by atoms with E-state index in [0.29, 0.717) is 0 Å². The van der Waals surface area contributed by atoms with Crippen molar-refractivity contribution < 1.29 is 0 Å². The van der Waals surface area contributed by atoms with Gasteiger partial charge >= 0.3 is 0 Å². The van der Waals surface area contributed by atoms with Gasteiger partial charge in [-0.1, -0.05) is 58.2 Å². The fourth-order valence-corrected chi connectivity index (χ4v) is 1.54. The first-order valence-corrected chi connectivity index (χ1v) is 5.42. The van der Waals surface area contributed by atoms with Crippen molar-refractivity contribution >= 4 is 0 Å². The van der Waals surface area contributed by atoms with Crippen LogP contribution in [0.5, 0.6) is 0 Å². The summed E-state index contributed by atoms with van der Waals surface area (Å²) < 4.78 is 0. The smallest absolute Gasteiger partial charge is 0.0178 e. The van der Waals surface area contributed by atoms with Crippen LogP contribution in [-0.2, 0) is 0 Å². The molecule has 0 aromatic carbocycles. The molecule has 0 unspecified atom stereocenters. The average molecular weight is 176 g/mol. The molecule has 0 atom stereocenters. The maximum atomic E-state index is 2.26. The number of hydrogen-bond acceptors (Lipinski definition) is 0. The largest absolute Gasteiger partial charge is 0.0651 e. The van der Waals surface area contributed by atoms with E-state index >= 15 is 0 Å². The molecule has 0 aliphatic heterocycles. The van der Waals surface area contributed by atoms with Crippen LogP contribution in [0, 0.1) is 5.92 Å². The van der Waals surface area contributed by atoms with Crippen molar-refractivity contribution in [1.29, 1.82) is 0 Å². The summed E-state index contributed by atoms with van der Waals surface area (Å²) >= 11 is 0. The lowest BCUT2D eigenvalue weighted by Gasteiger charge is -2.05. The van der Waals surface area contributed by atoms with Crippen LogP contribution < -0.4 is 0 Å². The van der Waals surface area contributed by atoms with E-state index in [0.717, 1.165) is 5.92 Å².